The van der Waals surface area contributed by atoms with E-state index in [1.165, 1.54) is 0 Å². The molecule has 5 rings (SSSR count). The van der Waals surface area contributed by atoms with Gasteiger partial charge in [-0.3, -0.25) is 14.4 Å². The van der Waals surface area contributed by atoms with E-state index >= 15 is 0 Å². The van der Waals surface area contributed by atoms with Crippen molar-refractivity contribution < 1.29 is 9.53 Å². The maximum atomic E-state index is 12.9. The van der Waals surface area contributed by atoms with Gasteiger partial charge in [-0.25, -0.2) is 0 Å². The van der Waals surface area contributed by atoms with Crippen LogP contribution >= 0.6 is 0 Å². The lowest BCUT2D eigenvalue weighted by molar-refractivity contribution is -0.133. The van der Waals surface area contributed by atoms with Gasteiger partial charge in [-0.05, 0) is 45.5 Å². The molecule has 8 nitrogen and oxygen atoms in total. The Kier molecular flexibility index (Phi) is 6.34. The molecule has 8 heteroatoms. The second-order valence-electron chi connectivity index (χ2n) is 8.74. The Morgan fingerprint density at radius 2 is 2.17 bits per heavy atom. The van der Waals surface area contributed by atoms with Crippen LogP contribution in [0.3, 0.4) is 0 Å². The van der Waals surface area contributed by atoms with Gasteiger partial charge in [-0.15, -0.1) is 5.10 Å². The van der Waals surface area contributed by atoms with Gasteiger partial charge in [-0.1, -0.05) is 23.4 Å². The van der Waals surface area contributed by atoms with E-state index in [1.807, 2.05) is 49.2 Å². The first kappa shape index (κ1) is 20.8. The van der Waals surface area contributed by atoms with Gasteiger partial charge >= 0.3 is 0 Å². The molecule has 2 aromatic rings. The van der Waals surface area contributed by atoms with Crippen LogP contribution in [0.5, 0.6) is 5.75 Å². The second-order valence-corrected chi connectivity index (χ2v) is 8.74. The molecule has 0 saturated carbocycles. The number of carbonyl (C=O) groups excluding carboxylic acids is 1. The molecule has 30 heavy (non-hydrogen) atoms. The number of hydrogen-bond donors (Lipinski definition) is 1. The topological polar surface area (TPSA) is 75.5 Å². The van der Waals surface area contributed by atoms with E-state index in [1.54, 1.807) is 7.11 Å². The number of fused-ring (bicyclic) bond motifs is 3. The van der Waals surface area contributed by atoms with E-state index in [4.69, 9.17) is 4.74 Å². The van der Waals surface area contributed by atoms with Gasteiger partial charge in [0.25, 0.3) is 0 Å². The average Bonchev–Trinajstić information content (AvgIpc) is 3.18. The summed E-state index contributed by atoms with van der Waals surface area (Å²) in [5, 5.41) is 11.7. The van der Waals surface area contributed by atoms with Gasteiger partial charge in [0.05, 0.1) is 25.3 Å². The molecule has 1 aromatic heterocycles. The SMILES string of the molecule is COc1ccccc1CNC(=O)[C@H]1CN2CC[C@@H]1C[C@@H]2Cn1cc(CN(C)C)nn1. The van der Waals surface area contributed by atoms with Crippen LogP contribution in [-0.2, 0) is 24.4 Å². The van der Waals surface area contributed by atoms with Gasteiger partial charge in [0.1, 0.15) is 5.75 Å². The zero-order chi connectivity index (χ0) is 21.1. The molecule has 3 aliphatic heterocycles. The number of piperidine rings is 3. The fourth-order valence-electron chi connectivity index (χ4n) is 4.83. The van der Waals surface area contributed by atoms with Crippen molar-refractivity contribution in [2.24, 2.45) is 11.8 Å². The second kappa shape index (κ2) is 9.14. The molecule has 1 unspecified atom stereocenters. The van der Waals surface area contributed by atoms with Crippen molar-refractivity contribution >= 4 is 5.91 Å². The number of methoxy groups -OCH3 is 1. The number of carbonyl (C=O) groups is 1. The van der Waals surface area contributed by atoms with Crippen molar-refractivity contribution in [3.8, 4) is 5.75 Å². The van der Waals surface area contributed by atoms with Crippen LogP contribution in [0.25, 0.3) is 0 Å². The number of amides is 1. The first-order chi connectivity index (χ1) is 14.5. The first-order valence-electron chi connectivity index (χ1n) is 10.7. The van der Waals surface area contributed by atoms with Crippen LogP contribution in [0.4, 0.5) is 0 Å². The van der Waals surface area contributed by atoms with Gasteiger partial charge in [0.15, 0.2) is 0 Å². The molecule has 3 fully saturated rings. The highest BCUT2D eigenvalue weighted by Crippen LogP contribution is 2.37. The Balaban J connectivity index is 1.32. The third kappa shape index (κ3) is 4.65. The summed E-state index contributed by atoms with van der Waals surface area (Å²) in [7, 11) is 5.72. The van der Waals surface area contributed by atoms with Crippen molar-refractivity contribution in [1.29, 1.82) is 0 Å². The van der Waals surface area contributed by atoms with Crippen molar-refractivity contribution in [2.45, 2.75) is 38.5 Å². The molecule has 1 amide bonds. The predicted octanol–water partition coefficient (Wildman–Crippen LogP) is 1.38. The lowest BCUT2D eigenvalue weighted by atomic mass is 9.75. The van der Waals surface area contributed by atoms with E-state index in [0.717, 1.165) is 56.0 Å². The zero-order valence-corrected chi connectivity index (χ0v) is 18.1. The number of rotatable bonds is 8. The van der Waals surface area contributed by atoms with Gasteiger partial charge in [0.2, 0.25) is 5.91 Å². The summed E-state index contributed by atoms with van der Waals surface area (Å²) in [4.78, 5) is 17.5. The number of nitrogens with zero attached hydrogens (tertiary/aromatic N) is 5. The van der Waals surface area contributed by atoms with Crippen molar-refractivity contribution in [3.05, 3.63) is 41.7 Å². The minimum atomic E-state index is 0.0600. The van der Waals surface area contributed by atoms with Gasteiger partial charge in [0, 0.05) is 37.4 Å². The molecule has 0 radical (unpaired) electrons. The number of nitrogens with one attached hydrogen (secondary N) is 1. The van der Waals surface area contributed by atoms with E-state index in [2.05, 4.69) is 25.4 Å². The van der Waals surface area contributed by atoms with Crippen LogP contribution in [0.2, 0.25) is 0 Å². The average molecular weight is 413 g/mol. The lowest BCUT2D eigenvalue weighted by Gasteiger charge is -2.49. The maximum Gasteiger partial charge on any atom is 0.224 e. The molecule has 2 bridgehead atoms. The maximum absolute atomic E-state index is 12.9. The Morgan fingerprint density at radius 1 is 1.33 bits per heavy atom. The van der Waals surface area contributed by atoms with Crippen LogP contribution < -0.4 is 10.1 Å². The largest absolute Gasteiger partial charge is 0.496 e. The standard InChI is InChI=1S/C22H32N6O2/c1-26(2)12-18-13-28(25-24-18)14-19-10-16-8-9-27(19)15-20(16)22(29)23-11-17-6-4-5-7-21(17)30-3/h4-7,13,16,19-20H,8-12,14-15H2,1-3H3,(H,23,29)/t16-,19-,20+/m1/s1. The smallest absolute Gasteiger partial charge is 0.224 e. The Bertz CT molecular complexity index is 867. The van der Waals surface area contributed by atoms with E-state index in [0.29, 0.717) is 18.5 Å². The first-order valence-corrected chi connectivity index (χ1v) is 10.7. The third-order valence-electron chi connectivity index (χ3n) is 6.32. The molecule has 3 saturated heterocycles. The van der Waals surface area contributed by atoms with Crippen LogP contribution in [0.1, 0.15) is 24.1 Å². The number of ether oxygens (including phenoxy) is 1. The molecular weight excluding hydrogens is 380 g/mol. The fraction of sp³-hybridized carbons (Fsp3) is 0.591. The summed E-state index contributed by atoms with van der Waals surface area (Å²) in [5.41, 5.74) is 2.00. The summed E-state index contributed by atoms with van der Waals surface area (Å²) in [5.74, 6) is 1.46. The highest BCUT2D eigenvalue weighted by atomic mass is 16.5. The number of benzene rings is 1. The Hall–Kier alpha value is -2.45. The quantitative estimate of drug-likeness (QED) is 0.706. The monoisotopic (exact) mass is 412 g/mol. The molecular formula is C22H32N6O2. The zero-order valence-electron chi connectivity index (χ0n) is 18.1. The fourth-order valence-corrected chi connectivity index (χ4v) is 4.83. The summed E-state index contributed by atoms with van der Waals surface area (Å²) >= 11 is 0. The molecule has 1 aromatic carbocycles. The van der Waals surface area contributed by atoms with Crippen molar-refractivity contribution in [2.75, 3.05) is 34.3 Å². The van der Waals surface area contributed by atoms with Crippen LogP contribution in [0.15, 0.2) is 30.5 Å². The number of para-hydroxylation sites is 1. The number of hydrogen-bond acceptors (Lipinski definition) is 6. The normalized spacial score (nSPS) is 25.5. The number of aromatic nitrogens is 3. The molecule has 0 aliphatic carbocycles. The van der Waals surface area contributed by atoms with Crippen LogP contribution in [0, 0.1) is 11.8 Å². The lowest BCUT2D eigenvalue weighted by Crippen LogP contribution is -2.58. The summed E-state index contributed by atoms with van der Waals surface area (Å²) in [6.07, 6.45) is 4.17. The Morgan fingerprint density at radius 3 is 2.90 bits per heavy atom. The van der Waals surface area contributed by atoms with Crippen LogP contribution in [-0.4, -0.2) is 71.0 Å². The summed E-state index contributed by atoms with van der Waals surface area (Å²) in [6, 6.07) is 8.26. The third-order valence-corrected chi connectivity index (χ3v) is 6.32. The predicted molar refractivity (Wildman–Crippen MR) is 114 cm³/mol. The molecule has 162 valence electrons. The van der Waals surface area contributed by atoms with Crippen molar-refractivity contribution in [1.82, 2.24) is 30.1 Å². The Labute approximate surface area is 178 Å². The molecule has 4 atom stereocenters. The molecule has 1 N–H and O–H groups in total. The van der Waals surface area contributed by atoms with Gasteiger partial charge in [-0.2, -0.15) is 0 Å². The highest BCUT2D eigenvalue weighted by molar-refractivity contribution is 5.79. The van der Waals surface area contributed by atoms with E-state index in [9.17, 15) is 4.79 Å². The van der Waals surface area contributed by atoms with E-state index in [-0.39, 0.29) is 11.8 Å². The summed E-state index contributed by atoms with van der Waals surface area (Å²) < 4.78 is 7.35. The molecule has 0 spiro atoms. The van der Waals surface area contributed by atoms with Crippen molar-refractivity contribution in [3.63, 3.8) is 0 Å². The van der Waals surface area contributed by atoms with E-state index < -0.39 is 0 Å². The van der Waals surface area contributed by atoms with Gasteiger partial charge < -0.3 is 15.0 Å². The molecule has 3 aliphatic rings. The minimum Gasteiger partial charge on any atom is -0.496 e. The highest BCUT2D eigenvalue weighted by Gasteiger charge is 2.43. The molecule has 4 heterocycles. The summed E-state index contributed by atoms with van der Waals surface area (Å²) in [6.45, 7) is 4.03. The minimum absolute atomic E-state index is 0.0600.